The molecule has 0 fully saturated rings. The molecular formula is C16H18O2S. The molecule has 2 aromatic carbocycles. The maximum atomic E-state index is 12.9. The molecule has 2 aromatic rings. The van der Waals surface area contributed by atoms with E-state index in [9.17, 15) is 8.42 Å². The second-order valence-corrected chi connectivity index (χ2v) is 7.61. The first-order valence-electron chi connectivity index (χ1n) is 6.23. The first-order chi connectivity index (χ1) is 8.87. The van der Waals surface area contributed by atoms with E-state index in [0.29, 0.717) is 4.90 Å². The molecule has 0 aliphatic carbocycles. The molecule has 0 saturated carbocycles. The van der Waals surface area contributed by atoms with Crippen LogP contribution in [0.4, 0.5) is 0 Å². The summed E-state index contributed by atoms with van der Waals surface area (Å²) in [5.41, 5.74) is 1.59. The molecule has 0 heterocycles. The number of hydrogen-bond acceptors (Lipinski definition) is 2. The van der Waals surface area contributed by atoms with E-state index in [4.69, 9.17) is 0 Å². The summed E-state index contributed by atoms with van der Waals surface area (Å²) in [5.74, 6) is 0. The van der Waals surface area contributed by atoms with Gasteiger partial charge in [-0.15, -0.1) is 0 Å². The van der Waals surface area contributed by atoms with Gasteiger partial charge in [0.15, 0.2) is 9.84 Å². The zero-order valence-corrected chi connectivity index (χ0v) is 12.2. The summed E-state index contributed by atoms with van der Waals surface area (Å²) in [5, 5.41) is 0. The first-order valence-corrected chi connectivity index (χ1v) is 7.71. The number of benzene rings is 2. The van der Waals surface area contributed by atoms with Crippen LogP contribution < -0.4 is 0 Å². The average Bonchev–Trinajstić information content (AvgIpc) is 2.40. The Morgan fingerprint density at radius 1 is 0.842 bits per heavy atom. The summed E-state index contributed by atoms with van der Waals surface area (Å²) in [6.07, 6.45) is 0. The topological polar surface area (TPSA) is 34.1 Å². The summed E-state index contributed by atoms with van der Waals surface area (Å²) in [6.45, 7) is 5.34. The van der Waals surface area contributed by atoms with Crippen LogP contribution >= 0.6 is 0 Å². The van der Waals surface area contributed by atoms with Gasteiger partial charge in [0.05, 0.1) is 9.64 Å². The van der Waals surface area contributed by atoms with Crippen molar-refractivity contribution < 1.29 is 8.42 Å². The minimum atomic E-state index is -3.42. The van der Waals surface area contributed by atoms with Crippen LogP contribution in [0.5, 0.6) is 0 Å². The molecule has 0 N–H and O–H groups in total. The molecule has 0 saturated heterocycles. The summed E-state index contributed by atoms with van der Waals surface area (Å²) in [4.78, 5) is 0.406. The van der Waals surface area contributed by atoms with Gasteiger partial charge in [0, 0.05) is 0 Å². The Balaban J connectivity index is 2.60. The highest BCUT2D eigenvalue weighted by atomic mass is 32.2. The van der Waals surface area contributed by atoms with E-state index in [1.54, 1.807) is 26.0 Å². The van der Waals surface area contributed by atoms with E-state index in [2.05, 4.69) is 0 Å². The number of rotatable bonds is 3. The molecule has 100 valence electrons. The fraction of sp³-hybridized carbons (Fsp3) is 0.250. The van der Waals surface area contributed by atoms with Crippen molar-refractivity contribution in [3.8, 4) is 0 Å². The molecule has 0 aromatic heterocycles. The van der Waals surface area contributed by atoms with Crippen LogP contribution in [0.15, 0.2) is 59.5 Å². The van der Waals surface area contributed by atoms with E-state index in [1.807, 2.05) is 49.4 Å². The fourth-order valence-corrected chi connectivity index (χ4v) is 3.87. The zero-order chi connectivity index (χ0) is 14.1. The minimum absolute atomic E-state index is 0.406. The molecular weight excluding hydrogens is 256 g/mol. The fourth-order valence-electron chi connectivity index (χ4n) is 2.13. The molecule has 3 heteroatoms. The Bertz CT molecular complexity index is 671. The van der Waals surface area contributed by atoms with Crippen molar-refractivity contribution in [3.05, 3.63) is 65.7 Å². The minimum Gasteiger partial charge on any atom is -0.223 e. The van der Waals surface area contributed by atoms with Gasteiger partial charge in [-0.1, -0.05) is 48.5 Å². The van der Waals surface area contributed by atoms with E-state index in [1.165, 1.54) is 0 Å². The predicted molar refractivity (Wildman–Crippen MR) is 77.8 cm³/mol. The van der Waals surface area contributed by atoms with Crippen molar-refractivity contribution in [2.24, 2.45) is 0 Å². The van der Waals surface area contributed by atoms with E-state index in [-0.39, 0.29) is 0 Å². The Labute approximate surface area is 115 Å². The summed E-state index contributed by atoms with van der Waals surface area (Å²) < 4.78 is 24.8. The summed E-state index contributed by atoms with van der Waals surface area (Å²) in [6, 6.07) is 16.5. The molecule has 0 bridgehead atoms. The lowest BCUT2D eigenvalue weighted by Gasteiger charge is -2.26. The third kappa shape index (κ3) is 2.30. The standard InChI is InChI=1S/C16H18O2S/c1-13-9-7-8-12-15(13)19(17,18)16(2,3)14-10-5-4-6-11-14/h4-12H,1-3H3. The highest BCUT2D eigenvalue weighted by Crippen LogP contribution is 2.35. The molecule has 19 heavy (non-hydrogen) atoms. The first kappa shape index (κ1) is 13.8. The van der Waals surface area contributed by atoms with Crippen LogP contribution in [0.3, 0.4) is 0 Å². The highest BCUT2D eigenvalue weighted by molar-refractivity contribution is 7.92. The van der Waals surface area contributed by atoms with Gasteiger partial charge in [0.25, 0.3) is 0 Å². The second-order valence-electron chi connectivity index (χ2n) is 5.15. The second kappa shape index (κ2) is 4.82. The van der Waals surface area contributed by atoms with Crippen LogP contribution in [0, 0.1) is 6.92 Å². The van der Waals surface area contributed by atoms with Crippen LogP contribution in [-0.4, -0.2) is 8.42 Å². The van der Waals surface area contributed by atoms with Crippen molar-refractivity contribution in [3.63, 3.8) is 0 Å². The summed E-state index contributed by atoms with van der Waals surface area (Å²) in [7, 11) is -3.42. The van der Waals surface area contributed by atoms with Gasteiger partial charge in [-0.3, -0.25) is 0 Å². The molecule has 0 radical (unpaired) electrons. The maximum Gasteiger partial charge on any atom is 0.187 e. The molecule has 2 rings (SSSR count). The Kier molecular flexibility index (Phi) is 3.50. The van der Waals surface area contributed by atoms with Crippen molar-refractivity contribution in [1.82, 2.24) is 0 Å². The number of sulfone groups is 1. The van der Waals surface area contributed by atoms with Crippen LogP contribution in [-0.2, 0) is 14.6 Å². The quantitative estimate of drug-likeness (QED) is 0.855. The van der Waals surface area contributed by atoms with E-state index < -0.39 is 14.6 Å². The lowest BCUT2D eigenvalue weighted by atomic mass is 10.0. The Hall–Kier alpha value is -1.61. The lowest BCUT2D eigenvalue weighted by molar-refractivity contribution is 0.554. The Morgan fingerprint density at radius 2 is 1.37 bits per heavy atom. The largest absolute Gasteiger partial charge is 0.223 e. The SMILES string of the molecule is Cc1ccccc1S(=O)(=O)C(C)(C)c1ccccc1. The molecule has 0 aliphatic rings. The third-order valence-electron chi connectivity index (χ3n) is 3.52. The molecule has 2 nitrogen and oxygen atoms in total. The van der Waals surface area contributed by atoms with Gasteiger partial charge in [-0.05, 0) is 38.0 Å². The smallest absolute Gasteiger partial charge is 0.187 e. The Morgan fingerprint density at radius 3 is 1.95 bits per heavy atom. The van der Waals surface area contributed by atoms with E-state index in [0.717, 1.165) is 11.1 Å². The number of hydrogen-bond donors (Lipinski definition) is 0. The van der Waals surface area contributed by atoms with Crippen molar-refractivity contribution in [1.29, 1.82) is 0 Å². The number of aryl methyl sites for hydroxylation is 1. The van der Waals surface area contributed by atoms with Crippen LogP contribution in [0.1, 0.15) is 25.0 Å². The third-order valence-corrected chi connectivity index (χ3v) is 6.14. The molecule has 0 spiro atoms. The van der Waals surface area contributed by atoms with Gasteiger partial charge < -0.3 is 0 Å². The predicted octanol–water partition coefficient (Wildman–Crippen LogP) is 3.70. The van der Waals surface area contributed by atoms with Gasteiger partial charge in [-0.2, -0.15) is 0 Å². The average molecular weight is 274 g/mol. The van der Waals surface area contributed by atoms with Gasteiger partial charge in [0.1, 0.15) is 0 Å². The van der Waals surface area contributed by atoms with Gasteiger partial charge in [0.2, 0.25) is 0 Å². The van der Waals surface area contributed by atoms with Crippen LogP contribution in [0.2, 0.25) is 0 Å². The molecule has 0 unspecified atom stereocenters. The van der Waals surface area contributed by atoms with Gasteiger partial charge >= 0.3 is 0 Å². The highest BCUT2D eigenvalue weighted by Gasteiger charge is 2.37. The van der Waals surface area contributed by atoms with E-state index >= 15 is 0 Å². The van der Waals surface area contributed by atoms with Crippen molar-refractivity contribution in [2.75, 3.05) is 0 Å². The maximum absolute atomic E-state index is 12.9. The normalized spacial score (nSPS) is 12.4. The summed E-state index contributed by atoms with van der Waals surface area (Å²) >= 11 is 0. The van der Waals surface area contributed by atoms with Gasteiger partial charge in [-0.25, -0.2) is 8.42 Å². The zero-order valence-electron chi connectivity index (χ0n) is 11.4. The molecule has 0 amide bonds. The molecule has 0 aliphatic heterocycles. The van der Waals surface area contributed by atoms with Crippen molar-refractivity contribution >= 4 is 9.84 Å². The lowest BCUT2D eigenvalue weighted by Crippen LogP contribution is -2.29. The van der Waals surface area contributed by atoms with Crippen molar-refractivity contribution in [2.45, 2.75) is 30.4 Å². The monoisotopic (exact) mass is 274 g/mol. The molecule has 0 atom stereocenters. The van der Waals surface area contributed by atoms with Crippen LogP contribution in [0.25, 0.3) is 0 Å².